The van der Waals surface area contributed by atoms with E-state index in [9.17, 15) is 0 Å². The second kappa shape index (κ2) is 6.51. The summed E-state index contributed by atoms with van der Waals surface area (Å²) < 4.78 is 0. The SMILES string of the molecule is O=C([O-])C(=O)[O-].c1ccc2cc(C3=NCCN3)ccc2c1. The summed E-state index contributed by atoms with van der Waals surface area (Å²) in [6.45, 7) is 1.85. The van der Waals surface area contributed by atoms with Gasteiger partial charge in [0, 0.05) is 12.1 Å². The summed E-state index contributed by atoms with van der Waals surface area (Å²) in [6, 6.07) is 14.8. The Kier molecular flexibility index (Phi) is 4.50. The number of carboxylic acids is 2. The van der Waals surface area contributed by atoms with Gasteiger partial charge < -0.3 is 25.1 Å². The lowest BCUT2D eigenvalue weighted by Gasteiger charge is -2.04. The second-order valence-corrected chi connectivity index (χ2v) is 4.29. The van der Waals surface area contributed by atoms with E-state index in [1.165, 1.54) is 16.3 Å². The molecule has 2 aromatic rings. The van der Waals surface area contributed by atoms with Crippen molar-refractivity contribution < 1.29 is 19.8 Å². The third kappa shape index (κ3) is 3.79. The Balaban J connectivity index is 0.000000232. The Labute approximate surface area is 120 Å². The fourth-order valence-corrected chi connectivity index (χ4v) is 1.93. The molecule has 6 nitrogen and oxygen atoms in total. The minimum atomic E-state index is -2.19. The first-order valence-corrected chi connectivity index (χ1v) is 6.28. The number of carbonyl (C=O) groups excluding carboxylic acids is 2. The number of carboxylic acid groups (broad SMARTS) is 2. The van der Waals surface area contributed by atoms with Gasteiger partial charge in [-0.15, -0.1) is 0 Å². The fourth-order valence-electron chi connectivity index (χ4n) is 1.93. The van der Waals surface area contributed by atoms with Gasteiger partial charge in [-0.3, -0.25) is 4.99 Å². The number of aliphatic imine (C=N–C) groups is 1. The zero-order valence-corrected chi connectivity index (χ0v) is 11.0. The lowest BCUT2D eigenvalue weighted by molar-refractivity contribution is -0.345. The highest BCUT2D eigenvalue weighted by Gasteiger charge is 2.07. The minimum absolute atomic E-state index is 0.891. The number of amidine groups is 1. The monoisotopic (exact) mass is 284 g/mol. The van der Waals surface area contributed by atoms with Gasteiger partial charge in [0.1, 0.15) is 5.84 Å². The Bertz CT molecular complexity index is 698. The van der Waals surface area contributed by atoms with Crippen LogP contribution in [0.4, 0.5) is 0 Å². The Morgan fingerprint density at radius 2 is 1.67 bits per heavy atom. The van der Waals surface area contributed by atoms with Crippen LogP contribution in [0.5, 0.6) is 0 Å². The predicted molar refractivity (Wildman–Crippen MR) is 73.4 cm³/mol. The molecule has 0 aliphatic carbocycles. The van der Waals surface area contributed by atoms with Crippen molar-refractivity contribution in [1.29, 1.82) is 0 Å². The molecule has 1 aliphatic heterocycles. The van der Waals surface area contributed by atoms with Crippen LogP contribution in [-0.4, -0.2) is 30.9 Å². The van der Waals surface area contributed by atoms with E-state index in [0.29, 0.717) is 0 Å². The van der Waals surface area contributed by atoms with E-state index >= 15 is 0 Å². The van der Waals surface area contributed by atoms with E-state index in [4.69, 9.17) is 19.8 Å². The van der Waals surface area contributed by atoms with Crippen LogP contribution >= 0.6 is 0 Å². The lowest BCUT2D eigenvalue weighted by Crippen LogP contribution is -2.42. The summed E-state index contributed by atoms with van der Waals surface area (Å²) >= 11 is 0. The molecule has 2 aromatic carbocycles. The van der Waals surface area contributed by atoms with Crippen molar-refractivity contribution in [1.82, 2.24) is 5.32 Å². The summed E-state index contributed by atoms with van der Waals surface area (Å²) in [5.74, 6) is -3.34. The van der Waals surface area contributed by atoms with Gasteiger partial charge in [-0.25, -0.2) is 0 Å². The Morgan fingerprint density at radius 3 is 2.24 bits per heavy atom. The molecule has 0 amide bonds. The Morgan fingerprint density at radius 1 is 1.00 bits per heavy atom. The van der Waals surface area contributed by atoms with E-state index in [0.717, 1.165) is 18.9 Å². The molecule has 0 spiro atoms. The van der Waals surface area contributed by atoms with E-state index in [1.54, 1.807) is 0 Å². The van der Waals surface area contributed by atoms with Crippen molar-refractivity contribution in [2.45, 2.75) is 0 Å². The summed E-state index contributed by atoms with van der Waals surface area (Å²) in [6.07, 6.45) is 0. The molecule has 3 rings (SSSR count). The van der Waals surface area contributed by atoms with Crippen molar-refractivity contribution in [3.63, 3.8) is 0 Å². The summed E-state index contributed by atoms with van der Waals surface area (Å²) in [5, 5.41) is 23.7. The second-order valence-electron chi connectivity index (χ2n) is 4.29. The number of hydrogen-bond acceptors (Lipinski definition) is 6. The molecule has 21 heavy (non-hydrogen) atoms. The van der Waals surface area contributed by atoms with Gasteiger partial charge in [0.15, 0.2) is 0 Å². The molecule has 1 aliphatic rings. The first kappa shape index (κ1) is 14.5. The molecule has 108 valence electrons. The molecule has 0 aromatic heterocycles. The van der Waals surface area contributed by atoms with Crippen LogP contribution in [0.1, 0.15) is 5.56 Å². The average molecular weight is 284 g/mol. The van der Waals surface area contributed by atoms with Gasteiger partial charge in [0.2, 0.25) is 0 Å². The number of aliphatic carboxylic acids is 2. The van der Waals surface area contributed by atoms with Crippen LogP contribution in [0.2, 0.25) is 0 Å². The van der Waals surface area contributed by atoms with Crippen LogP contribution in [-0.2, 0) is 9.59 Å². The van der Waals surface area contributed by atoms with E-state index in [1.807, 2.05) is 0 Å². The quantitative estimate of drug-likeness (QED) is 0.654. The van der Waals surface area contributed by atoms with Crippen molar-refractivity contribution in [2.24, 2.45) is 4.99 Å². The topological polar surface area (TPSA) is 105 Å². The molecule has 0 radical (unpaired) electrons. The molecule has 0 unspecified atom stereocenters. The minimum Gasteiger partial charge on any atom is -0.543 e. The van der Waals surface area contributed by atoms with Gasteiger partial charge >= 0.3 is 0 Å². The Hall–Kier alpha value is -2.89. The average Bonchev–Trinajstić information content (AvgIpc) is 3.01. The first-order chi connectivity index (χ1) is 10.1. The smallest absolute Gasteiger partial charge is 0.128 e. The number of benzene rings is 2. The molecule has 0 saturated carbocycles. The van der Waals surface area contributed by atoms with Crippen LogP contribution in [0.25, 0.3) is 10.8 Å². The number of rotatable bonds is 1. The number of carbonyl (C=O) groups is 2. The number of nitrogens with zero attached hydrogens (tertiary/aromatic N) is 1. The molecule has 0 saturated heterocycles. The standard InChI is InChI=1S/C13H12N2.C2H2O4/c1-2-4-11-9-12(6-5-10(11)3-1)13-14-7-8-15-13;3-1(4)2(5)6/h1-6,9H,7-8H2,(H,14,15);(H,3,4)(H,5,6)/p-2. The lowest BCUT2D eigenvalue weighted by atomic mass is 10.1. The van der Waals surface area contributed by atoms with E-state index in [2.05, 4.69) is 52.8 Å². The highest BCUT2D eigenvalue weighted by molar-refractivity contribution is 6.25. The van der Waals surface area contributed by atoms with Crippen molar-refractivity contribution in [2.75, 3.05) is 13.1 Å². The number of nitrogens with one attached hydrogen (secondary N) is 1. The van der Waals surface area contributed by atoms with Gasteiger partial charge in [0.05, 0.1) is 18.5 Å². The molecule has 6 heteroatoms. The van der Waals surface area contributed by atoms with Crippen LogP contribution < -0.4 is 15.5 Å². The van der Waals surface area contributed by atoms with Crippen molar-refractivity contribution >= 4 is 28.5 Å². The van der Waals surface area contributed by atoms with Crippen LogP contribution in [0.15, 0.2) is 47.5 Å². The normalized spacial score (nSPS) is 12.9. The molecule has 0 fully saturated rings. The summed E-state index contributed by atoms with van der Waals surface area (Å²) in [5.41, 5.74) is 1.19. The molecular weight excluding hydrogens is 272 g/mol. The van der Waals surface area contributed by atoms with E-state index in [-0.39, 0.29) is 0 Å². The number of hydrogen-bond donors (Lipinski definition) is 1. The largest absolute Gasteiger partial charge is 0.543 e. The van der Waals surface area contributed by atoms with Gasteiger partial charge in [0.25, 0.3) is 0 Å². The van der Waals surface area contributed by atoms with Crippen molar-refractivity contribution in [3.8, 4) is 0 Å². The molecular formula is C15H12N2O4-2. The van der Waals surface area contributed by atoms with Gasteiger partial charge in [-0.1, -0.05) is 36.4 Å². The highest BCUT2D eigenvalue weighted by Crippen LogP contribution is 2.16. The molecule has 1 heterocycles. The third-order valence-corrected chi connectivity index (χ3v) is 2.86. The molecule has 0 atom stereocenters. The third-order valence-electron chi connectivity index (χ3n) is 2.86. The van der Waals surface area contributed by atoms with Gasteiger partial charge in [-0.05, 0) is 16.8 Å². The van der Waals surface area contributed by atoms with E-state index < -0.39 is 11.9 Å². The number of fused-ring (bicyclic) bond motifs is 1. The first-order valence-electron chi connectivity index (χ1n) is 6.28. The van der Waals surface area contributed by atoms with Crippen LogP contribution in [0, 0.1) is 0 Å². The summed E-state index contributed by atoms with van der Waals surface area (Å²) in [4.78, 5) is 22.3. The summed E-state index contributed by atoms with van der Waals surface area (Å²) in [7, 11) is 0. The maximum absolute atomic E-state index is 8.93. The highest BCUT2D eigenvalue weighted by atomic mass is 16.4. The molecule has 0 bridgehead atoms. The predicted octanol–water partition coefficient (Wildman–Crippen LogP) is -1.32. The van der Waals surface area contributed by atoms with Crippen LogP contribution in [0.3, 0.4) is 0 Å². The molecule has 1 N–H and O–H groups in total. The zero-order valence-electron chi connectivity index (χ0n) is 11.0. The van der Waals surface area contributed by atoms with Gasteiger partial charge in [-0.2, -0.15) is 0 Å². The van der Waals surface area contributed by atoms with Crippen molar-refractivity contribution in [3.05, 3.63) is 48.0 Å². The zero-order chi connectivity index (χ0) is 15.2. The fraction of sp³-hybridized carbons (Fsp3) is 0.133. The maximum atomic E-state index is 8.93. The maximum Gasteiger partial charge on any atom is 0.128 e.